The highest BCUT2D eigenvalue weighted by Gasteiger charge is 2.38. The number of amides is 1. The van der Waals surface area contributed by atoms with Crippen molar-refractivity contribution < 1.29 is 27.9 Å². The number of carbonyl (C=O) groups is 2. The van der Waals surface area contributed by atoms with E-state index in [1.165, 1.54) is 0 Å². The van der Waals surface area contributed by atoms with Gasteiger partial charge < -0.3 is 10.0 Å². The van der Waals surface area contributed by atoms with Crippen LogP contribution in [0.5, 0.6) is 0 Å². The Bertz CT molecular complexity index is 1380. The first-order valence-corrected chi connectivity index (χ1v) is 13.3. The number of alkyl halides is 3. The minimum atomic E-state index is -5.08. The fraction of sp³-hybridized carbons (Fsp3) is 0.429. The van der Waals surface area contributed by atoms with Crippen LogP contribution in [-0.2, 0) is 22.6 Å². The number of aromatic nitrogens is 2. The lowest BCUT2D eigenvalue weighted by atomic mass is 10.0. The molecule has 1 aromatic heterocycles. The second-order valence-corrected chi connectivity index (χ2v) is 10.0. The Morgan fingerprint density at radius 3 is 2.35 bits per heavy atom. The number of nitrogens with zero attached hydrogens (tertiary/aromatic N) is 4. The summed E-state index contributed by atoms with van der Waals surface area (Å²) < 4.78 is 33.4. The van der Waals surface area contributed by atoms with Gasteiger partial charge in [-0.2, -0.15) is 18.3 Å². The maximum Gasteiger partial charge on any atom is 0.490 e. The Labute approximate surface area is 234 Å². The summed E-state index contributed by atoms with van der Waals surface area (Å²) in [5.74, 6) is -2.60. The van der Waals surface area contributed by atoms with E-state index in [9.17, 15) is 22.8 Å². The Balaban J connectivity index is 0.000000559. The predicted molar refractivity (Wildman–Crippen MR) is 146 cm³/mol. The summed E-state index contributed by atoms with van der Waals surface area (Å²) >= 11 is 6.05. The number of benzene rings is 2. The first kappa shape index (κ1) is 31.1. The molecule has 1 aliphatic rings. The summed E-state index contributed by atoms with van der Waals surface area (Å²) in [6.45, 7) is 4.90. The Kier molecular flexibility index (Phi) is 10.7. The molecule has 4 rings (SSSR count). The summed E-state index contributed by atoms with van der Waals surface area (Å²) in [7, 11) is 1.84. The van der Waals surface area contributed by atoms with E-state index in [1.54, 1.807) is 9.58 Å². The van der Waals surface area contributed by atoms with E-state index in [1.807, 2.05) is 62.5 Å². The van der Waals surface area contributed by atoms with Crippen LogP contribution >= 0.6 is 11.6 Å². The lowest BCUT2D eigenvalue weighted by Gasteiger charge is -2.25. The van der Waals surface area contributed by atoms with E-state index in [2.05, 4.69) is 4.90 Å². The number of halogens is 4. The first-order valence-electron chi connectivity index (χ1n) is 12.9. The molecule has 1 atom stereocenters. The van der Waals surface area contributed by atoms with Gasteiger partial charge in [0.05, 0.1) is 17.6 Å². The fourth-order valence-electron chi connectivity index (χ4n) is 4.56. The zero-order valence-corrected chi connectivity index (χ0v) is 23.1. The summed E-state index contributed by atoms with van der Waals surface area (Å²) in [5, 5.41) is 14.2. The number of rotatable bonds is 8. The third kappa shape index (κ3) is 8.28. The minimum Gasteiger partial charge on any atom is -0.475 e. The molecule has 1 saturated heterocycles. The lowest BCUT2D eigenvalue weighted by Crippen LogP contribution is -2.39. The van der Waals surface area contributed by atoms with E-state index in [0.29, 0.717) is 36.3 Å². The van der Waals surface area contributed by atoms with Gasteiger partial charge in [-0.1, -0.05) is 41.9 Å². The molecule has 1 aliphatic heterocycles. The van der Waals surface area contributed by atoms with Gasteiger partial charge in [0.2, 0.25) is 5.91 Å². The summed E-state index contributed by atoms with van der Waals surface area (Å²) in [4.78, 5) is 38.5. The van der Waals surface area contributed by atoms with E-state index >= 15 is 0 Å². The average Bonchev–Trinajstić information content (AvgIpc) is 3.37. The van der Waals surface area contributed by atoms with Crippen molar-refractivity contribution in [2.24, 2.45) is 0 Å². The molecule has 0 spiro atoms. The molecule has 1 amide bonds. The third-order valence-electron chi connectivity index (χ3n) is 6.87. The van der Waals surface area contributed by atoms with Gasteiger partial charge in [-0.3, -0.25) is 14.5 Å². The highest BCUT2D eigenvalue weighted by molar-refractivity contribution is 6.30. The second-order valence-electron chi connectivity index (χ2n) is 9.58. The molecule has 3 aromatic rings. The van der Waals surface area contributed by atoms with Gasteiger partial charge >= 0.3 is 12.1 Å². The molecule has 0 aliphatic carbocycles. The number of fused-ring (bicyclic) bond motifs is 1. The SMILES string of the molecule is CCN(C)C(=O)CCN1CCC[C@@H]1Cn1nc(Cc2ccc(Cl)cc2)c2ccccc2c1=O.O=C(O)C(F)(F)F. The smallest absolute Gasteiger partial charge is 0.475 e. The van der Waals surface area contributed by atoms with Crippen LogP contribution in [0.2, 0.25) is 5.02 Å². The molecule has 1 fully saturated rings. The van der Waals surface area contributed by atoms with Crippen molar-refractivity contribution in [2.75, 3.05) is 26.7 Å². The predicted octanol–water partition coefficient (Wildman–Crippen LogP) is 4.61. The van der Waals surface area contributed by atoms with Gasteiger partial charge in [-0.05, 0) is 50.1 Å². The quantitative estimate of drug-likeness (QED) is 0.418. The number of aliphatic carboxylic acids is 1. The van der Waals surface area contributed by atoms with Crippen molar-refractivity contribution in [3.8, 4) is 0 Å². The molecule has 0 bridgehead atoms. The van der Waals surface area contributed by atoms with Crippen LogP contribution in [-0.4, -0.2) is 75.5 Å². The van der Waals surface area contributed by atoms with Gasteiger partial charge in [0.15, 0.2) is 0 Å². The molecule has 40 heavy (non-hydrogen) atoms. The summed E-state index contributed by atoms with van der Waals surface area (Å²) in [6, 6.07) is 15.7. The zero-order chi connectivity index (χ0) is 29.4. The van der Waals surface area contributed by atoms with Crippen molar-refractivity contribution >= 4 is 34.2 Å². The Morgan fingerprint density at radius 2 is 1.75 bits per heavy atom. The monoisotopic (exact) mass is 580 g/mol. The molecular formula is C28H32ClF3N4O4. The van der Waals surface area contributed by atoms with Crippen molar-refractivity contribution in [1.82, 2.24) is 19.6 Å². The van der Waals surface area contributed by atoms with E-state index in [4.69, 9.17) is 26.6 Å². The van der Waals surface area contributed by atoms with E-state index in [-0.39, 0.29) is 17.5 Å². The molecule has 0 unspecified atom stereocenters. The summed E-state index contributed by atoms with van der Waals surface area (Å²) in [5.41, 5.74) is 1.93. The average molecular weight is 581 g/mol. The van der Waals surface area contributed by atoms with Crippen LogP contribution in [0.15, 0.2) is 53.3 Å². The van der Waals surface area contributed by atoms with Gasteiger partial charge in [0.25, 0.3) is 5.56 Å². The maximum atomic E-state index is 13.3. The Morgan fingerprint density at radius 1 is 1.12 bits per heavy atom. The number of likely N-dealkylation sites (tertiary alicyclic amines) is 1. The lowest BCUT2D eigenvalue weighted by molar-refractivity contribution is -0.192. The molecule has 8 nitrogen and oxygen atoms in total. The first-order chi connectivity index (χ1) is 18.9. The highest BCUT2D eigenvalue weighted by atomic mass is 35.5. The molecule has 0 saturated carbocycles. The normalized spacial score (nSPS) is 15.5. The second kappa shape index (κ2) is 13.8. The van der Waals surface area contributed by atoms with Crippen LogP contribution in [0.4, 0.5) is 13.2 Å². The van der Waals surface area contributed by atoms with Crippen LogP contribution in [0.3, 0.4) is 0 Å². The van der Waals surface area contributed by atoms with Gasteiger partial charge in [-0.15, -0.1) is 0 Å². The number of hydrogen-bond acceptors (Lipinski definition) is 5. The van der Waals surface area contributed by atoms with Crippen molar-refractivity contribution in [3.63, 3.8) is 0 Å². The molecule has 12 heteroatoms. The van der Waals surface area contributed by atoms with Crippen LogP contribution in [0.25, 0.3) is 10.8 Å². The molecule has 2 aromatic carbocycles. The standard InChI is InChI=1S/C26H31ClN4O2.C2HF3O2/c1-3-29(2)25(32)14-16-30-15-6-7-21(30)18-31-26(33)23-9-5-4-8-22(23)24(28-31)17-19-10-12-20(27)13-11-19;3-2(4,5)1(6)7/h4-5,8-13,21H,3,6-7,14-18H2,1-2H3;(H,6,7)/t21-;/m1./s1. The van der Waals surface area contributed by atoms with Gasteiger partial charge in [-0.25, -0.2) is 9.48 Å². The number of carboxylic acids is 1. The number of carboxylic acid groups (broad SMARTS) is 1. The molecule has 2 heterocycles. The Hall–Kier alpha value is -3.44. The van der Waals surface area contributed by atoms with Crippen LogP contribution < -0.4 is 5.56 Å². The fourth-order valence-corrected chi connectivity index (χ4v) is 4.68. The van der Waals surface area contributed by atoms with E-state index < -0.39 is 12.1 Å². The van der Waals surface area contributed by atoms with E-state index in [0.717, 1.165) is 42.6 Å². The molecule has 216 valence electrons. The van der Waals surface area contributed by atoms with Crippen LogP contribution in [0, 0.1) is 0 Å². The molecule has 0 radical (unpaired) electrons. The van der Waals surface area contributed by atoms with Crippen molar-refractivity contribution in [3.05, 3.63) is 75.2 Å². The van der Waals surface area contributed by atoms with Crippen molar-refractivity contribution in [2.45, 2.75) is 51.4 Å². The topological polar surface area (TPSA) is 95.7 Å². The van der Waals surface area contributed by atoms with Crippen molar-refractivity contribution in [1.29, 1.82) is 0 Å². The highest BCUT2D eigenvalue weighted by Crippen LogP contribution is 2.21. The minimum absolute atomic E-state index is 0.0564. The molecule has 1 N–H and O–H groups in total. The third-order valence-corrected chi connectivity index (χ3v) is 7.12. The number of hydrogen-bond donors (Lipinski definition) is 1. The zero-order valence-electron chi connectivity index (χ0n) is 22.3. The van der Waals surface area contributed by atoms with Gasteiger partial charge in [0, 0.05) is 49.4 Å². The number of carbonyl (C=O) groups excluding carboxylic acids is 1. The van der Waals surface area contributed by atoms with Gasteiger partial charge in [0.1, 0.15) is 0 Å². The molecular weight excluding hydrogens is 549 g/mol. The maximum absolute atomic E-state index is 13.3. The summed E-state index contributed by atoms with van der Waals surface area (Å²) in [6.07, 6.45) is -1.87. The largest absolute Gasteiger partial charge is 0.490 e. The van der Waals surface area contributed by atoms with Crippen LogP contribution in [0.1, 0.15) is 37.4 Å².